The van der Waals surface area contributed by atoms with E-state index in [0.717, 1.165) is 22.8 Å². The van der Waals surface area contributed by atoms with Gasteiger partial charge in [-0.2, -0.15) is 0 Å². The predicted molar refractivity (Wildman–Crippen MR) is 106 cm³/mol. The summed E-state index contributed by atoms with van der Waals surface area (Å²) >= 11 is 0. The molecule has 0 spiro atoms. The van der Waals surface area contributed by atoms with Crippen LogP contribution >= 0.6 is 0 Å². The highest BCUT2D eigenvalue weighted by atomic mass is 16.6. The molecule has 0 saturated heterocycles. The summed E-state index contributed by atoms with van der Waals surface area (Å²) in [7, 11) is 1.56. The van der Waals surface area contributed by atoms with E-state index in [1.165, 1.54) is 12.1 Å². The van der Waals surface area contributed by atoms with Gasteiger partial charge < -0.3 is 9.47 Å². The van der Waals surface area contributed by atoms with Gasteiger partial charge in [0.05, 0.1) is 23.0 Å². The highest BCUT2D eigenvalue weighted by molar-refractivity contribution is 5.54. The Hall–Kier alpha value is -3.94. The van der Waals surface area contributed by atoms with Crippen molar-refractivity contribution in [2.75, 3.05) is 7.11 Å². The number of rotatable bonds is 7. The van der Waals surface area contributed by atoms with Crippen molar-refractivity contribution in [2.45, 2.75) is 13.0 Å². The number of hydrogen-bond acceptors (Lipinski definition) is 6. The van der Waals surface area contributed by atoms with Crippen molar-refractivity contribution in [3.05, 3.63) is 104 Å². The van der Waals surface area contributed by atoms with E-state index >= 15 is 0 Å². The molecule has 3 aromatic rings. The third kappa shape index (κ3) is 4.49. The summed E-state index contributed by atoms with van der Waals surface area (Å²) in [6.45, 7) is 1.95. The molecule has 0 aromatic heterocycles. The summed E-state index contributed by atoms with van der Waals surface area (Å²) in [6, 6.07) is 18.1. The van der Waals surface area contributed by atoms with Gasteiger partial charge in [-0.15, -0.1) is 0 Å². The topological polar surface area (TPSA) is 105 Å². The van der Waals surface area contributed by atoms with Crippen molar-refractivity contribution in [1.29, 1.82) is 0 Å². The van der Waals surface area contributed by atoms with Gasteiger partial charge in [-0.1, -0.05) is 42.0 Å². The number of nitro benzene ring substituents is 2. The third-order valence-electron chi connectivity index (χ3n) is 4.39. The molecule has 3 aromatic carbocycles. The van der Waals surface area contributed by atoms with Crippen LogP contribution in [0.2, 0.25) is 0 Å². The van der Waals surface area contributed by atoms with Crippen molar-refractivity contribution < 1.29 is 19.3 Å². The molecule has 8 heteroatoms. The lowest BCUT2D eigenvalue weighted by molar-refractivity contribution is -0.394. The third-order valence-corrected chi connectivity index (χ3v) is 4.39. The Morgan fingerprint density at radius 1 is 0.828 bits per heavy atom. The second-order valence-electron chi connectivity index (χ2n) is 6.35. The molecule has 3 rings (SSSR count). The van der Waals surface area contributed by atoms with Gasteiger partial charge in [0.2, 0.25) is 0 Å². The van der Waals surface area contributed by atoms with Gasteiger partial charge in [0, 0.05) is 6.07 Å². The SMILES string of the molecule is COc1ccc(C(Oc2ccc([N+](=O)[O-])cc2[N+](=O)[O-])c2ccc(C)cc2)cc1. The van der Waals surface area contributed by atoms with Crippen LogP contribution in [0, 0.1) is 27.2 Å². The van der Waals surface area contributed by atoms with E-state index < -0.39 is 21.6 Å². The lowest BCUT2D eigenvalue weighted by Crippen LogP contribution is -2.11. The first-order valence-electron chi connectivity index (χ1n) is 8.69. The van der Waals surface area contributed by atoms with E-state index in [9.17, 15) is 20.2 Å². The normalized spacial score (nSPS) is 11.5. The number of nitrogens with zero attached hydrogens (tertiary/aromatic N) is 2. The second-order valence-corrected chi connectivity index (χ2v) is 6.35. The summed E-state index contributed by atoms with van der Waals surface area (Å²) < 4.78 is 11.2. The number of ether oxygens (including phenoxy) is 2. The Kier molecular flexibility index (Phi) is 5.73. The zero-order chi connectivity index (χ0) is 21.0. The van der Waals surface area contributed by atoms with E-state index in [1.54, 1.807) is 31.4 Å². The molecule has 0 aliphatic carbocycles. The first-order valence-corrected chi connectivity index (χ1v) is 8.69. The van der Waals surface area contributed by atoms with Gasteiger partial charge in [-0.3, -0.25) is 20.2 Å². The molecule has 1 unspecified atom stereocenters. The molecule has 29 heavy (non-hydrogen) atoms. The van der Waals surface area contributed by atoms with Crippen LogP contribution < -0.4 is 9.47 Å². The maximum atomic E-state index is 11.5. The highest BCUT2D eigenvalue weighted by Crippen LogP contribution is 2.36. The van der Waals surface area contributed by atoms with Crippen LogP contribution in [0.4, 0.5) is 11.4 Å². The van der Waals surface area contributed by atoms with Crippen molar-refractivity contribution >= 4 is 11.4 Å². The van der Waals surface area contributed by atoms with Gasteiger partial charge in [0.15, 0.2) is 5.75 Å². The Balaban J connectivity index is 2.06. The molecule has 0 bridgehead atoms. The Bertz CT molecular complexity index is 1030. The Labute approximate surface area is 166 Å². The number of non-ortho nitro benzene ring substituents is 1. The summed E-state index contributed by atoms with van der Waals surface area (Å²) in [6.07, 6.45) is -0.651. The summed E-state index contributed by atoms with van der Waals surface area (Å²) in [4.78, 5) is 21.1. The first-order chi connectivity index (χ1) is 13.9. The fourth-order valence-corrected chi connectivity index (χ4v) is 2.84. The van der Waals surface area contributed by atoms with E-state index in [1.807, 2.05) is 31.2 Å². The number of hydrogen-bond donors (Lipinski definition) is 0. The van der Waals surface area contributed by atoms with E-state index in [0.29, 0.717) is 5.75 Å². The summed E-state index contributed by atoms with van der Waals surface area (Å²) in [5.41, 5.74) is 1.75. The number of aryl methyl sites for hydroxylation is 1. The highest BCUT2D eigenvalue weighted by Gasteiger charge is 2.25. The zero-order valence-corrected chi connectivity index (χ0v) is 15.8. The monoisotopic (exact) mass is 394 g/mol. The lowest BCUT2D eigenvalue weighted by Gasteiger charge is -2.20. The molecular weight excluding hydrogens is 376 g/mol. The molecule has 0 radical (unpaired) electrons. The van der Waals surface area contributed by atoms with Crippen LogP contribution in [-0.2, 0) is 0 Å². The van der Waals surface area contributed by atoms with Crippen molar-refractivity contribution in [1.82, 2.24) is 0 Å². The number of nitro groups is 2. The molecule has 148 valence electrons. The van der Waals surface area contributed by atoms with Gasteiger partial charge in [0.1, 0.15) is 11.9 Å². The van der Waals surface area contributed by atoms with E-state index in [4.69, 9.17) is 9.47 Å². The smallest absolute Gasteiger partial charge is 0.317 e. The minimum absolute atomic E-state index is 0.0537. The maximum absolute atomic E-state index is 11.5. The molecular formula is C21H18N2O6. The van der Waals surface area contributed by atoms with Crippen LogP contribution in [0.15, 0.2) is 66.7 Å². The Morgan fingerprint density at radius 3 is 1.93 bits per heavy atom. The Morgan fingerprint density at radius 2 is 1.41 bits per heavy atom. The fourth-order valence-electron chi connectivity index (χ4n) is 2.84. The second kappa shape index (κ2) is 8.39. The first kappa shape index (κ1) is 19.8. The molecule has 0 aliphatic heterocycles. The van der Waals surface area contributed by atoms with Crippen LogP contribution in [0.3, 0.4) is 0 Å². The molecule has 1 atom stereocenters. The van der Waals surface area contributed by atoms with Gasteiger partial charge in [0.25, 0.3) is 5.69 Å². The molecule has 0 aliphatic rings. The van der Waals surface area contributed by atoms with Crippen LogP contribution in [0.1, 0.15) is 22.8 Å². The van der Waals surface area contributed by atoms with Gasteiger partial charge >= 0.3 is 5.69 Å². The molecule has 0 heterocycles. The van der Waals surface area contributed by atoms with E-state index in [2.05, 4.69) is 0 Å². The maximum Gasteiger partial charge on any atom is 0.317 e. The van der Waals surface area contributed by atoms with Crippen LogP contribution in [0.5, 0.6) is 11.5 Å². The van der Waals surface area contributed by atoms with Crippen molar-refractivity contribution in [3.8, 4) is 11.5 Å². The average Bonchev–Trinajstić information content (AvgIpc) is 2.72. The zero-order valence-electron chi connectivity index (χ0n) is 15.8. The van der Waals surface area contributed by atoms with Gasteiger partial charge in [-0.05, 0) is 36.2 Å². The molecule has 0 saturated carbocycles. The van der Waals surface area contributed by atoms with Crippen molar-refractivity contribution in [3.63, 3.8) is 0 Å². The van der Waals surface area contributed by atoms with Crippen LogP contribution in [0.25, 0.3) is 0 Å². The van der Waals surface area contributed by atoms with E-state index in [-0.39, 0.29) is 11.4 Å². The van der Waals surface area contributed by atoms with Gasteiger partial charge in [-0.25, -0.2) is 0 Å². The molecule has 0 amide bonds. The minimum Gasteiger partial charge on any atom is -0.497 e. The largest absolute Gasteiger partial charge is 0.497 e. The number of methoxy groups -OCH3 is 1. The summed E-state index contributed by atoms with van der Waals surface area (Å²) in [5, 5.41) is 22.4. The quantitative estimate of drug-likeness (QED) is 0.413. The molecule has 0 fully saturated rings. The van der Waals surface area contributed by atoms with Crippen molar-refractivity contribution in [2.24, 2.45) is 0 Å². The van der Waals surface area contributed by atoms with Crippen LogP contribution in [-0.4, -0.2) is 17.0 Å². The lowest BCUT2D eigenvalue weighted by atomic mass is 10.00. The molecule has 8 nitrogen and oxygen atoms in total. The number of benzene rings is 3. The average molecular weight is 394 g/mol. The predicted octanol–water partition coefficient (Wildman–Crippen LogP) is 4.99. The minimum atomic E-state index is -0.692. The summed E-state index contributed by atoms with van der Waals surface area (Å²) in [5.74, 6) is 0.611. The fraction of sp³-hybridized carbons (Fsp3) is 0.143. The standard InChI is InChI=1S/C21H18N2O6/c1-14-3-5-15(6-4-14)21(16-7-10-18(28-2)11-8-16)29-20-12-9-17(22(24)25)13-19(20)23(26)27/h3-13,21H,1-2H3. The molecule has 0 N–H and O–H groups in total.